The zero-order chi connectivity index (χ0) is 22.3. The van der Waals surface area contributed by atoms with Crippen molar-refractivity contribution in [2.45, 2.75) is 31.3 Å². The van der Waals surface area contributed by atoms with E-state index >= 15 is 0 Å². The smallest absolute Gasteiger partial charge is 0.254 e. The summed E-state index contributed by atoms with van der Waals surface area (Å²) in [6.45, 7) is 5.35. The Labute approximate surface area is 191 Å². The number of carbonyl (C=O) groups excluding carboxylic acids is 2. The number of nitrogens with one attached hydrogen (secondary N) is 1. The number of piperazine rings is 1. The number of benzene rings is 2. The molecule has 6 nitrogen and oxygen atoms in total. The molecule has 2 heterocycles. The molecule has 2 fully saturated rings. The molecule has 2 unspecified atom stereocenters. The Balaban J connectivity index is 1.27. The van der Waals surface area contributed by atoms with Crippen LogP contribution in [-0.2, 0) is 4.79 Å². The van der Waals surface area contributed by atoms with Crippen LogP contribution in [0.2, 0.25) is 0 Å². The molecule has 32 heavy (non-hydrogen) atoms. The maximum Gasteiger partial charge on any atom is 0.254 e. The molecule has 0 radical (unpaired) electrons. The van der Waals surface area contributed by atoms with Crippen LogP contribution in [0.5, 0.6) is 0 Å². The summed E-state index contributed by atoms with van der Waals surface area (Å²) in [6.07, 6.45) is 2.51. The zero-order valence-electron chi connectivity index (χ0n) is 19.0. The minimum absolute atomic E-state index is 0.0234. The van der Waals surface area contributed by atoms with Gasteiger partial charge in [-0.3, -0.25) is 14.5 Å². The average Bonchev–Trinajstić information content (AvgIpc) is 3.33. The van der Waals surface area contributed by atoms with E-state index in [9.17, 15) is 9.59 Å². The quantitative estimate of drug-likeness (QED) is 0.681. The molecule has 2 amide bonds. The Morgan fingerprint density at radius 2 is 1.69 bits per heavy atom. The third kappa shape index (κ3) is 5.37. The van der Waals surface area contributed by atoms with Crippen molar-refractivity contribution in [3.05, 3.63) is 71.8 Å². The predicted molar refractivity (Wildman–Crippen MR) is 126 cm³/mol. The van der Waals surface area contributed by atoms with E-state index in [1.54, 1.807) is 4.90 Å². The van der Waals surface area contributed by atoms with Crippen molar-refractivity contribution in [2.24, 2.45) is 0 Å². The molecule has 2 saturated heterocycles. The molecule has 0 spiro atoms. The van der Waals surface area contributed by atoms with Crippen molar-refractivity contribution in [3.63, 3.8) is 0 Å². The predicted octanol–water partition coefficient (Wildman–Crippen LogP) is 2.79. The maximum atomic E-state index is 12.8. The molecule has 0 aliphatic carbocycles. The van der Waals surface area contributed by atoms with Crippen molar-refractivity contribution in [1.82, 2.24) is 20.0 Å². The lowest BCUT2D eigenvalue weighted by atomic mass is 10.0. The zero-order valence-corrected chi connectivity index (χ0v) is 19.0. The molecule has 2 aliphatic rings. The second-order valence-corrected chi connectivity index (χ2v) is 8.89. The van der Waals surface area contributed by atoms with Crippen LogP contribution in [0.15, 0.2) is 60.7 Å². The van der Waals surface area contributed by atoms with Gasteiger partial charge in [0.15, 0.2) is 0 Å². The van der Waals surface area contributed by atoms with Crippen LogP contribution in [0.25, 0.3) is 0 Å². The van der Waals surface area contributed by atoms with Crippen LogP contribution in [0.1, 0.15) is 41.2 Å². The largest absolute Gasteiger partial charge is 0.354 e. The number of amides is 2. The lowest BCUT2D eigenvalue weighted by Gasteiger charge is -2.40. The number of hydrogen-bond acceptors (Lipinski definition) is 4. The lowest BCUT2D eigenvalue weighted by Crippen LogP contribution is -2.48. The van der Waals surface area contributed by atoms with E-state index in [1.165, 1.54) is 5.56 Å². The van der Waals surface area contributed by atoms with E-state index in [0.717, 1.165) is 45.4 Å². The fraction of sp³-hybridized carbons (Fsp3) is 0.462. The summed E-state index contributed by atoms with van der Waals surface area (Å²) < 4.78 is 0. The SMILES string of the molecule is CN1CCN(CCCNC(=O)C2CCCN2C(=O)c2ccccc2)C(c2ccccc2)C1. The number of rotatable bonds is 7. The number of likely N-dealkylation sites (N-methyl/N-ethyl adjacent to an activating group) is 1. The van der Waals surface area contributed by atoms with Crippen molar-refractivity contribution >= 4 is 11.8 Å². The molecule has 0 saturated carbocycles. The van der Waals surface area contributed by atoms with Gasteiger partial charge < -0.3 is 15.1 Å². The van der Waals surface area contributed by atoms with Crippen LogP contribution in [-0.4, -0.2) is 78.9 Å². The Morgan fingerprint density at radius 1 is 0.969 bits per heavy atom. The van der Waals surface area contributed by atoms with Gasteiger partial charge in [-0.15, -0.1) is 0 Å². The molecule has 2 aliphatic heterocycles. The third-order valence-corrected chi connectivity index (χ3v) is 6.64. The van der Waals surface area contributed by atoms with Gasteiger partial charge in [-0.25, -0.2) is 0 Å². The average molecular weight is 435 g/mol. The van der Waals surface area contributed by atoms with Crippen LogP contribution in [0, 0.1) is 0 Å². The molecule has 2 aromatic carbocycles. The minimum Gasteiger partial charge on any atom is -0.354 e. The monoisotopic (exact) mass is 434 g/mol. The van der Waals surface area contributed by atoms with Gasteiger partial charge >= 0.3 is 0 Å². The van der Waals surface area contributed by atoms with E-state index in [0.29, 0.717) is 24.7 Å². The van der Waals surface area contributed by atoms with Gasteiger partial charge in [0.25, 0.3) is 5.91 Å². The highest BCUT2D eigenvalue weighted by atomic mass is 16.2. The standard InChI is InChI=1S/C26H34N4O2/c1-28-18-19-29(24(20-28)21-10-4-2-5-11-21)16-9-15-27-25(31)23-14-8-17-30(23)26(32)22-12-6-3-7-13-22/h2-7,10-13,23-24H,8-9,14-20H2,1H3,(H,27,31). The second kappa shape index (κ2) is 10.7. The number of nitrogens with zero attached hydrogens (tertiary/aromatic N) is 3. The van der Waals surface area contributed by atoms with Gasteiger partial charge in [0.2, 0.25) is 5.91 Å². The summed E-state index contributed by atoms with van der Waals surface area (Å²) in [4.78, 5) is 32.3. The van der Waals surface area contributed by atoms with Gasteiger partial charge in [-0.2, -0.15) is 0 Å². The van der Waals surface area contributed by atoms with Crippen molar-refractivity contribution in [2.75, 3.05) is 46.3 Å². The summed E-state index contributed by atoms with van der Waals surface area (Å²) in [6, 6.07) is 20.0. The lowest BCUT2D eigenvalue weighted by molar-refractivity contribution is -0.124. The molecular weight excluding hydrogens is 400 g/mol. The molecule has 0 bridgehead atoms. The molecule has 2 aromatic rings. The summed E-state index contributed by atoms with van der Waals surface area (Å²) in [7, 11) is 2.18. The Morgan fingerprint density at radius 3 is 2.44 bits per heavy atom. The summed E-state index contributed by atoms with van der Waals surface area (Å²) in [5, 5.41) is 3.09. The molecular formula is C26H34N4O2. The molecule has 170 valence electrons. The first-order valence-electron chi connectivity index (χ1n) is 11.7. The summed E-state index contributed by atoms with van der Waals surface area (Å²) in [5.74, 6) is -0.0730. The highest BCUT2D eigenvalue weighted by molar-refractivity contribution is 5.97. The Kier molecular flexibility index (Phi) is 7.55. The van der Waals surface area contributed by atoms with Crippen LogP contribution in [0.3, 0.4) is 0 Å². The van der Waals surface area contributed by atoms with Crippen molar-refractivity contribution in [1.29, 1.82) is 0 Å². The van der Waals surface area contributed by atoms with Crippen LogP contribution >= 0.6 is 0 Å². The molecule has 4 rings (SSSR count). The van der Waals surface area contributed by atoms with E-state index in [-0.39, 0.29) is 17.9 Å². The molecule has 2 atom stereocenters. The maximum absolute atomic E-state index is 12.8. The van der Waals surface area contributed by atoms with Crippen molar-refractivity contribution < 1.29 is 9.59 Å². The van der Waals surface area contributed by atoms with Gasteiger partial charge in [-0.1, -0.05) is 48.5 Å². The molecule has 1 N–H and O–H groups in total. The Bertz CT molecular complexity index is 889. The first-order valence-corrected chi connectivity index (χ1v) is 11.7. The van der Waals surface area contributed by atoms with Gasteiger partial charge in [0.1, 0.15) is 6.04 Å². The van der Waals surface area contributed by atoms with Gasteiger partial charge in [0, 0.05) is 50.9 Å². The second-order valence-electron chi connectivity index (χ2n) is 8.89. The van der Waals surface area contributed by atoms with E-state index in [1.807, 2.05) is 30.3 Å². The van der Waals surface area contributed by atoms with Crippen LogP contribution < -0.4 is 5.32 Å². The van der Waals surface area contributed by atoms with E-state index < -0.39 is 0 Å². The topological polar surface area (TPSA) is 55.9 Å². The number of hydrogen-bond donors (Lipinski definition) is 1. The van der Waals surface area contributed by atoms with E-state index in [2.05, 4.69) is 52.5 Å². The Hall–Kier alpha value is -2.70. The fourth-order valence-corrected chi connectivity index (χ4v) is 4.86. The first-order chi connectivity index (χ1) is 15.6. The highest BCUT2D eigenvalue weighted by Gasteiger charge is 2.34. The van der Waals surface area contributed by atoms with E-state index in [4.69, 9.17) is 0 Å². The number of carbonyl (C=O) groups is 2. The van der Waals surface area contributed by atoms with Gasteiger partial charge in [0.05, 0.1) is 0 Å². The molecule has 0 aromatic heterocycles. The third-order valence-electron chi connectivity index (χ3n) is 6.64. The normalized spacial score (nSPS) is 22.1. The fourth-order valence-electron chi connectivity index (χ4n) is 4.86. The first kappa shape index (κ1) is 22.5. The summed E-state index contributed by atoms with van der Waals surface area (Å²) in [5.41, 5.74) is 2.00. The minimum atomic E-state index is -0.358. The van der Waals surface area contributed by atoms with Gasteiger partial charge in [-0.05, 0) is 44.0 Å². The van der Waals surface area contributed by atoms with Crippen LogP contribution in [0.4, 0.5) is 0 Å². The molecule has 6 heteroatoms. The highest BCUT2D eigenvalue weighted by Crippen LogP contribution is 2.25. The number of likely N-dealkylation sites (tertiary alicyclic amines) is 1. The summed E-state index contributed by atoms with van der Waals surface area (Å²) >= 11 is 0. The van der Waals surface area contributed by atoms with Crippen molar-refractivity contribution in [3.8, 4) is 0 Å².